The van der Waals surface area contributed by atoms with Crippen LogP contribution in [-0.4, -0.2) is 34.6 Å². The van der Waals surface area contributed by atoms with Gasteiger partial charge in [0.05, 0.1) is 16.6 Å². The van der Waals surface area contributed by atoms with Crippen molar-refractivity contribution in [1.82, 2.24) is 4.90 Å². The summed E-state index contributed by atoms with van der Waals surface area (Å²) in [6, 6.07) is 1.31. The number of rotatable bonds is 2. The molecule has 1 heterocycles. The Morgan fingerprint density at radius 2 is 2.00 bits per heavy atom. The number of carbonyl (C=O) groups is 1. The lowest BCUT2D eigenvalue weighted by molar-refractivity contribution is -0.385. The fraction of sp³-hybridized carbons (Fsp3) is 0.438. The molecule has 0 fully saturated rings. The van der Waals surface area contributed by atoms with Gasteiger partial charge in [0.15, 0.2) is 0 Å². The molecule has 24 heavy (non-hydrogen) atoms. The van der Waals surface area contributed by atoms with Crippen molar-refractivity contribution in [2.45, 2.75) is 32.8 Å². The number of ether oxygens (including phenoxy) is 1. The van der Waals surface area contributed by atoms with E-state index in [1.807, 2.05) is 0 Å². The van der Waals surface area contributed by atoms with Crippen molar-refractivity contribution in [1.29, 1.82) is 0 Å². The summed E-state index contributed by atoms with van der Waals surface area (Å²) in [4.78, 5) is 23.6. The number of hydrogen-bond acceptors (Lipinski definition) is 4. The van der Waals surface area contributed by atoms with Gasteiger partial charge < -0.3 is 9.64 Å². The number of nitrogens with zero attached hydrogens (tertiary/aromatic N) is 2. The first kappa shape index (κ1) is 17.8. The van der Waals surface area contributed by atoms with E-state index >= 15 is 0 Å². The largest absolute Gasteiger partial charge is 0.444 e. The van der Waals surface area contributed by atoms with Crippen LogP contribution in [0.5, 0.6) is 0 Å². The summed E-state index contributed by atoms with van der Waals surface area (Å²) in [5.74, 6) is -1.99. The molecule has 8 heteroatoms. The molecule has 1 amide bonds. The van der Waals surface area contributed by atoms with E-state index in [9.17, 15) is 23.7 Å². The molecule has 1 aliphatic heterocycles. The molecule has 0 unspecified atom stereocenters. The Morgan fingerprint density at radius 3 is 2.50 bits per heavy atom. The fourth-order valence-electron chi connectivity index (χ4n) is 2.41. The normalized spacial score (nSPS) is 15.0. The number of carbonyl (C=O) groups excluding carboxylic acids is 1. The lowest BCUT2D eigenvalue weighted by Gasteiger charge is -2.29. The Morgan fingerprint density at radius 1 is 1.33 bits per heavy atom. The minimum absolute atomic E-state index is 0.137. The maximum Gasteiger partial charge on any atom is 0.410 e. The van der Waals surface area contributed by atoms with E-state index in [1.54, 1.807) is 20.8 Å². The lowest BCUT2D eigenvalue weighted by Crippen LogP contribution is -2.39. The molecule has 1 aliphatic rings. The second-order valence-corrected chi connectivity index (χ2v) is 6.44. The molecular weight excluding hydrogens is 322 g/mol. The summed E-state index contributed by atoms with van der Waals surface area (Å²) >= 11 is 0. The summed E-state index contributed by atoms with van der Waals surface area (Å²) in [5.41, 5.74) is -1.11. The predicted molar refractivity (Wildman–Crippen MR) is 83.4 cm³/mol. The van der Waals surface area contributed by atoms with Gasteiger partial charge in [-0.1, -0.05) is 6.08 Å². The van der Waals surface area contributed by atoms with Crippen molar-refractivity contribution >= 4 is 17.4 Å². The van der Waals surface area contributed by atoms with Gasteiger partial charge in [0.1, 0.15) is 17.2 Å². The average molecular weight is 340 g/mol. The molecule has 0 N–H and O–H groups in total. The van der Waals surface area contributed by atoms with Gasteiger partial charge in [-0.15, -0.1) is 0 Å². The molecule has 1 aromatic rings. The highest BCUT2D eigenvalue weighted by Gasteiger charge is 2.28. The molecule has 0 bridgehead atoms. The van der Waals surface area contributed by atoms with E-state index in [0.717, 1.165) is 0 Å². The van der Waals surface area contributed by atoms with Gasteiger partial charge in [0, 0.05) is 19.2 Å². The quantitative estimate of drug-likeness (QED) is 0.605. The summed E-state index contributed by atoms with van der Waals surface area (Å²) in [5, 5.41) is 11.1. The van der Waals surface area contributed by atoms with Crippen LogP contribution >= 0.6 is 0 Å². The number of nitro benzene ring substituents is 1. The van der Waals surface area contributed by atoms with Gasteiger partial charge >= 0.3 is 6.09 Å². The number of nitro groups is 1. The van der Waals surface area contributed by atoms with Crippen molar-refractivity contribution in [3.8, 4) is 0 Å². The maximum atomic E-state index is 14.0. The Labute approximate surface area is 137 Å². The van der Waals surface area contributed by atoms with Crippen molar-refractivity contribution < 1.29 is 23.2 Å². The predicted octanol–water partition coefficient (Wildman–Crippen LogP) is 3.90. The van der Waals surface area contributed by atoms with Crippen LogP contribution in [0.15, 0.2) is 18.2 Å². The second-order valence-electron chi connectivity index (χ2n) is 6.44. The highest BCUT2D eigenvalue weighted by Crippen LogP contribution is 2.33. The van der Waals surface area contributed by atoms with Gasteiger partial charge in [0.25, 0.3) is 5.69 Å². The highest BCUT2D eigenvalue weighted by atomic mass is 19.1. The molecule has 0 saturated heterocycles. The number of amides is 1. The van der Waals surface area contributed by atoms with Crippen molar-refractivity contribution in [2.24, 2.45) is 0 Å². The molecular formula is C16H18F2N2O4. The zero-order chi connectivity index (χ0) is 18.1. The van der Waals surface area contributed by atoms with E-state index in [0.29, 0.717) is 17.7 Å². The smallest absolute Gasteiger partial charge is 0.410 e. The van der Waals surface area contributed by atoms with Crippen LogP contribution in [0.1, 0.15) is 32.8 Å². The SMILES string of the molecule is CC(C)(C)OC(=O)N1CC=C(c2c(F)cc(F)cc2[N+](=O)[O-])CC1. The first-order chi connectivity index (χ1) is 11.1. The van der Waals surface area contributed by atoms with E-state index in [1.165, 1.54) is 11.0 Å². The van der Waals surface area contributed by atoms with Crippen LogP contribution in [0.25, 0.3) is 5.57 Å². The van der Waals surface area contributed by atoms with Gasteiger partial charge in [-0.25, -0.2) is 13.6 Å². The first-order valence-electron chi connectivity index (χ1n) is 7.39. The third kappa shape index (κ3) is 4.06. The number of hydrogen-bond donors (Lipinski definition) is 0. The van der Waals surface area contributed by atoms with Crippen LogP contribution < -0.4 is 0 Å². The summed E-state index contributed by atoms with van der Waals surface area (Å²) in [7, 11) is 0. The molecule has 0 atom stereocenters. The Hall–Kier alpha value is -2.51. The summed E-state index contributed by atoms with van der Waals surface area (Å²) < 4.78 is 32.5. The monoisotopic (exact) mass is 340 g/mol. The van der Waals surface area contributed by atoms with Gasteiger partial charge in [0.2, 0.25) is 0 Å². The molecule has 130 valence electrons. The van der Waals surface area contributed by atoms with E-state index in [2.05, 4.69) is 0 Å². The van der Waals surface area contributed by atoms with Gasteiger partial charge in [-0.2, -0.15) is 0 Å². The zero-order valence-corrected chi connectivity index (χ0v) is 13.6. The lowest BCUT2D eigenvalue weighted by atomic mass is 9.97. The molecule has 0 spiro atoms. The van der Waals surface area contributed by atoms with Crippen LogP contribution in [0.4, 0.5) is 19.3 Å². The first-order valence-corrected chi connectivity index (χ1v) is 7.39. The van der Waals surface area contributed by atoms with Crippen molar-refractivity contribution in [3.05, 3.63) is 45.5 Å². The minimum Gasteiger partial charge on any atom is -0.444 e. The van der Waals surface area contributed by atoms with E-state index in [4.69, 9.17) is 4.74 Å². The molecule has 6 nitrogen and oxygen atoms in total. The van der Waals surface area contributed by atoms with E-state index in [-0.39, 0.29) is 25.1 Å². The van der Waals surface area contributed by atoms with E-state index < -0.39 is 33.9 Å². The Balaban J connectivity index is 2.25. The summed E-state index contributed by atoms with van der Waals surface area (Å²) in [6.45, 7) is 5.60. The third-order valence-electron chi connectivity index (χ3n) is 3.41. The molecule has 0 saturated carbocycles. The standard InChI is InChI=1S/C16H18F2N2O4/c1-16(2,3)24-15(21)19-6-4-10(5-7-19)14-12(18)8-11(17)9-13(14)20(22)23/h4,8-9H,5-7H2,1-3H3. The Kier molecular flexibility index (Phi) is 4.86. The maximum absolute atomic E-state index is 14.0. The van der Waals surface area contributed by atoms with Gasteiger partial charge in [-0.3, -0.25) is 10.1 Å². The van der Waals surface area contributed by atoms with Crippen LogP contribution in [0.3, 0.4) is 0 Å². The molecule has 2 rings (SSSR count). The van der Waals surface area contributed by atoms with Crippen LogP contribution in [0.2, 0.25) is 0 Å². The van der Waals surface area contributed by atoms with Crippen molar-refractivity contribution in [2.75, 3.05) is 13.1 Å². The topological polar surface area (TPSA) is 72.7 Å². The van der Waals surface area contributed by atoms with Crippen LogP contribution in [-0.2, 0) is 4.74 Å². The molecule has 1 aromatic carbocycles. The van der Waals surface area contributed by atoms with Crippen molar-refractivity contribution in [3.63, 3.8) is 0 Å². The summed E-state index contributed by atoms with van der Waals surface area (Å²) in [6.07, 6.45) is 1.23. The second kappa shape index (κ2) is 6.54. The van der Waals surface area contributed by atoms with Gasteiger partial charge in [-0.05, 0) is 32.8 Å². The molecule has 0 radical (unpaired) electrons. The number of halogens is 2. The molecule has 0 aliphatic carbocycles. The highest BCUT2D eigenvalue weighted by molar-refractivity contribution is 5.76. The average Bonchev–Trinajstić information content (AvgIpc) is 2.44. The minimum atomic E-state index is -1.00. The Bertz CT molecular complexity index is 711. The molecule has 0 aromatic heterocycles. The zero-order valence-electron chi connectivity index (χ0n) is 13.6. The third-order valence-corrected chi connectivity index (χ3v) is 3.41. The number of benzene rings is 1. The van der Waals surface area contributed by atoms with Crippen LogP contribution in [0, 0.1) is 21.7 Å². The fourth-order valence-corrected chi connectivity index (χ4v) is 2.41.